The molecule has 0 aromatic heterocycles. The summed E-state index contributed by atoms with van der Waals surface area (Å²) in [6.07, 6.45) is 2.54. The molecule has 1 fully saturated rings. The number of amides is 1. The van der Waals surface area contributed by atoms with Gasteiger partial charge in [0.2, 0.25) is 0 Å². The van der Waals surface area contributed by atoms with E-state index in [1.165, 1.54) is 12.8 Å². The van der Waals surface area contributed by atoms with Crippen LogP contribution in [0.1, 0.15) is 35.7 Å². The van der Waals surface area contributed by atoms with Crippen molar-refractivity contribution >= 4 is 11.6 Å². The summed E-state index contributed by atoms with van der Waals surface area (Å²) in [6, 6.07) is 6.62. The van der Waals surface area contributed by atoms with Gasteiger partial charge in [0.1, 0.15) is 0 Å². The lowest BCUT2D eigenvalue weighted by molar-refractivity contribution is 0.0940. The lowest BCUT2D eigenvalue weighted by Gasteiger charge is -2.24. The lowest BCUT2D eigenvalue weighted by atomic mass is 10.1. The minimum absolute atomic E-state index is 0.0889. The van der Waals surface area contributed by atoms with Gasteiger partial charge in [-0.05, 0) is 51.4 Å². The number of hydrogen-bond donors (Lipinski definition) is 3. The van der Waals surface area contributed by atoms with Crippen LogP contribution < -0.4 is 16.6 Å². The maximum absolute atomic E-state index is 12.2. The van der Waals surface area contributed by atoms with Crippen LogP contribution >= 0.6 is 0 Å². The zero-order valence-electron chi connectivity index (χ0n) is 12.4. The van der Waals surface area contributed by atoms with Crippen LogP contribution in [0.2, 0.25) is 0 Å². The molecular formula is C15H24N4O. The summed E-state index contributed by atoms with van der Waals surface area (Å²) >= 11 is 0. The van der Waals surface area contributed by atoms with Gasteiger partial charge in [0.25, 0.3) is 5.91 Å². The highest BCUT2D eigenvalue weighted by Crippen LogP contribution is 2.26. The average molecular weight is 276 g/mol. The molecule has 0 saturated heterocycles. The number of carbonyl (C=O) groups excluding carboxylic acids is 1. The third kappa shape index (κ3) is 3.49. The van der Waals surface area contributed by atoms with Crippen LogP contribution in [-0.4, -0.2) is 36.5 Å². The monoisotopic (exact) mass is 276 g/mol. The molecule has 0 aliphatic heterocycles. The van der Waals surface area contributed by atoms with Gasteiger partial charge in [-0.25, -0.2) is 0 Å². The Bertz CT molecular complexity index is 485. The second-order valence-electron chi connectivity index (χ2n) is 5.65. The van der Waals surface area contributed by atoms with E-state index in [4.69, 9.17) is 5.84 Å². The summed E-state index contributed by atoms with van der Waals surface area (Å²) in [4.78, 5) is 14.6. The Labute approximate surface area is 120 Å². The van der Waals surface area contributed by atoms with Gasteiger partial charge in [-0.15, -0.1) is 0 Å². The number of hydrogen-bond acceptors (Lipinski definition) is 4. The van der Waals surface area contributed by atoms with Crippen molar-refractivity contribution in [3.63, 3.8) is 0 Å². The van der Waals surface area contributed by atoms with Crippen molar-refractivity contribution in [2.45, 2.75) is 38.8 Å². The van der Waals surface area contributed by atoms with Crippen molar-refractivity contribution in [1.82, 2.24) is 10.2 Å². The predicted molar refractivity (Wildman–Crippen MR) is 81.6 cm³/mol. The average Bonchev–Trinajstić information content (AvgIpc) is 3.27. The molecule has 0 spiro atoms. The Balaban J connectivity index is 1.94. The maximum Gasteiger partial charge on any atom is 0.253 e. The number of benzene rings is 1. The number of likely N-dealkylation sites (N-methyl/N-ethyl adjacent to an activating group) is 1. The van der Waals surface area contributed by atoms with Crippen LogP contribution in [0.3, 0.4) is 0 Å². The molecule has 0 bridgehead atoms. The standard InChI is InChI=1S/C15H24N4O/c1-10-4-7-13(14(8-10)18-16)15(20)17-9-11(2)19(3)12-5-6-12/h4,7-8,11-12,18H,5-6,9,16H2,1-3H3,(H,17,20). The van der Waals surface area contributed by atoms with E-state index in [9.17, 15) is 4.79 Å². The molecule has 1 unspecified atom stereocenters. The number of nitrogens with one attached hydrogen (secondary N) is 2. The molecule has 2 rings (SSSR count). The zero-order valence-corrected chi connectivity index (χ0v) is 12.4. The molecule has 5 nitrogen and oxygen atoms in total. The minimum atomic E-state index is -0.0889. The number of nitrogens with two attached hydrogens (primary N) is 1. The van der Waals surface area contributed by atoms with Gasteiger partial charge in [-0.3, -0.25) is 15.5 Å². The normalized spacial score (nSPS) is 16.1. The van der Waals surface area contributed by atoms with E-state index in [0.717, 1.165) is 5.56 Å². The van der Waals surface area contributed by atoms with Crippen molar-refractivity contribution in [3.05, 3.63) is 29.3 Å². The highest BCUT2D eigenvalue weighted by atomic mass is 16.1. The van der Waals surface area contributed by atoms with Crippen LogP contribution in [-0.2, 0) is 0 Å². The van der Waals surface area contributed by atoms with Crippen molar-refractivity contribution < 1.29 is 4.79 Å². The molecule has 1 atom stereocenters. The molecule has 1 aliphatic carbocycles. The topological polar surface area (TPSA) is 70.4 Å². The first-order valence-corrected chi connectivity index (χ1v) is 7.10. The van der Waals surface area contributed by atoms with Gasteiger partial charge in [-0.2, -0.15) is 0 Å². The van der Waals surface area contributed by atoms with E-state index in [2.05, 4.69) is 29.6 Å². The van der Waals surface area contributed by atoms with E-state index >= 15 is 0 Å². The van der Waals surface area contributed by atoms with Crippen molar-refractivity contribution in [3.8, 4) is 0 Å². The summed E-state index contributed by atoms with van der Waals surface area (Å²) in [5.41, 5.74) is 4.89. The molecule has 110 valence electrons. The van der Waals surface area contributed by atoms with Gasteiger partial charge in [0.15, 0.2) is 0 Å². The summed E-state index contributed by atoms with van der Waals surface area (Å²) in [5, 5.41) is 2.98. The largest absolute Gasteiger partial charge is 0.350 e. The zero-order chi connectivity index (χ0) is 14.7. The van der Waals surface area contributed by atoms with Crippen LogP contribution in [0, 0.1) is 6.92 Å². The minimum Gasteiger partial charge on any atom is -0.350 e. The molecule has 1 aliphatic rings. The molecule has 1 aromatic rings. The Morgan fingerprint density at radius 3 is 2.80 bits per heavy atom. The number of nitrogens with zero attached hydrogens (tertiary/aromatic N) is 1. The third-order valence-corrected chi connectivity index (χ3v) is 3.95. The molecule has 5 heteroatoms. The molecule has 0 radical (unpaired) electrons. The van der Waals surface area contributed by atoms with Crippen molar-refractivity contribution in [2.24, 2.45) is 5.84 Å². The van der Waals surface area contributed by atoms with Gasteiger partial charge in [0.05, 0.1) is 11.3 Å². The molecule has 0 heterocycles. The number of nitrogen functional groups attached to an aromatic ring is 1. The quantitative estimate of drug-likeness (QED) is 0.544. The van der Waals surface area contributed by atoms with E-state index in [-0.39, 0.29) is 5.91 Å². The van der Waals surface area contributed by atoms with Crippen LogP contribution in [0.15, 0.2) is 18.2 Å². The molecule has 20 heavy (non-hydrogen) atoms. The Morgan fingerprint density at radius 1 is 1.50 bits per heavy atom. The fourth-order valence-corrected chi connectivity index (χ4v) is 2.30. The van der Waals surface area contributed by atoms with Crippen molar-refractivity contribution in [2.75, 3.05) is 19.0 Å². The highest BCUT2D eigenvalue weighted by molar-refractivity contribution is 5.99. The smallest absolute Gasteiger partial charge is 0.253 e. The first-order chi connectivity index (χ1) is 9.52. The van der Waals surface area contributed by atoms with Gasteiger partial charge < -0.3 is 10.7 Å². The fraction of sp³-hybridized carbons (Fsp3) is 0.533. The number of carbonyl (C=O) groups is 1. The maximum atomic E-state index is 12.2. The first kappa shape index (κ1) is 14.8. The number of hydrazine groups is 1. The second-order valence-corrected chi connectivity index (χ2v) is 5.65. The van der Waals surface area contributed by atoms with Crippen LogP contribution in [0.4, 0.5) is 5.69 Å². The Morgan fingerprint density at radius 2 is 2.20 bits per heavy atom. The Kier molecular flexibility index (Phi) is 4.62. The highest BCUT2D eigenvalue weighted by Gasteiger charge is 2.29. The number of aryl methyl sites for hydroxylation is 1. The summed E-state index contributed by atoms with van der Waals surface area (Å²) in [6.45, 7) is 4.74. The second kappa shape index (κ2) is 6.24. The summed E-state index contributed by atoms with van der Waals surface area (Å²) in [7, 11) is 2.12. The molecule has 4 N–H and O–H groups in total. The van der Waals surface area contributed by atoms with Crippen LogP contribution in [0.25, 0.3) is 0 Å². The van der Waals surface area contributed by atoms with E-state index < -0.39 is 0 Å². The van der Waals surface area contributed by atoms with E-state index in [0.29, 0.717) is 29.9 Å². The number of rotatable bonds is 6. The summed E-state index contributed by atoms with van der Waals surface area (Å²) in [5.74, 6) is 5.38. The van der Waals surface area contributed by atoms with E-state index in [1.54, 1.807) is 6.07 Å². The van der Waals surface area contributed by atoms with Crippen molar-refractivity contribution in [1.29, 1.82) is 0 Å². The van der Waals surface area contributed by atoms with Gasteiger partial charge >= 0.3 is 0 Å². The fourth-order valence-electron chi connectivity index (χ4n) is 2.30. The molecule has 1 amide bonds. The molecule has 1 aromatic carbocycles. The van der Waals surface area contributed by atoms with Gasteiger partial charge in [0, 0.05) is 18.6 Å². The molecular weight excluding hydrogens is 252 g/mol. The summed E-state index contributed by atoms with van der Waals surface area (Å²) < 4.78 is 0. The Hall–Kier alpha value is -1.59. The van der Waals surface area contributed by atoms with Gasteiger partial charge in [-0.1, -0.05) is 6.07 Å². The third-order valence-electron chi connectivity index (χ3n) is 3.95. The number of anilines is 1. The molecule has 1 saturated carbocycles. The SMILES string of the molecule is Cc1ccc(C(=O)NCC(C)N(C)C2CC2)c(NN)c1. The van der Waals surface area contributed by atoms with E-state index in [1.807, 2.05) is 19.1 Å². The van der Waals surface area contributed by atoms with Crippen LogP contribution in [0.5, 0.6) is 0 Å². The lowest BCUT2D eigenvalue weighted by Crippen LogP contribution is -2.41. The predicted octanol–water partition coefficient (Wildman–Crippen LogP) is 1.49. The first-order valence-electron chi connectivity index (χ1n) is 7.10.